The molecule has 1 heterocycles. The van der Waals surface area contributed by atoms with E-state index in [2.05, 4.69) is 15.0 Å². The number of aliphatic hydroxyl groups is 1. The summed E-state index contributed by atoms with van der Waals surface area (Å²) in [7, 11) is 0. The molecule has 1 aromatic carbocycles. The number of nitrogens with one attached hydrogen (secondary N) is 1. The summed E-state index contributed by atoms with van der Waals surface area (Å²) in [6.07, 6.45) is -5.43. The average Bonchev–Trinajstić information content (AvgIpc) is 2.73. The third-order valence-corrected chi connectivity index (χ3v) is 5.28. The first-order chi connectivity index (χ1) is 15.4. The van der Waals surface area contributed by atoms with E-state index in [9.17, 15) is 36.2 Å². The maximum atomic E-state index is 12.9. The van der Waals surface area contributed by atoms with E-state index in [1.807, 2.05) is 0 Å². The van der Waals surface area contributed by atoms with Crippen LogP contribution in [-0.2, 0) is 15.1 Å². The van der Waals surface area contributed by atoms with Gasteiger partial charge in [0.1, 0.15) is 18.0 Å². The van der Waals surface area contributed by atoms with Crippen molar-refractivity contribution in [2.24, 2.45) is 4.99 Å². The highest BCUT2D eigenvalue weighted by atomic mass is 19.4. The Kier molecular flexibility index (Phi) is 7.37. The lowest BCUT2D eigenvalue weighted by Crippen LogP contribution is -2.46. The molecule has 3 rings (SSSR count). The molecule has 2 N–H and O–H groups in total. The molecule has 1 aromatic rings. The van der Waals surface area contributed by atoms with Gasteiger partial charge in [-0.3, -0.25) is 9.79 Å². The number of aliphatic hydroxyl groups excluding tert-OH is 1. The second-order valence-electron chi connectivity index (χ2n) is 7.84. The fourth-order valence-corrected chi connectivity index (χ4v) is 3.74. The summed E-state index contributed by atoms with van der Waals surface area (Å²) in [6, 6.07) is 3.56. The summed E-state index contributed by atoms with van der Waals surface area (Å²) in [5, 5.41) is 12.8. The standard InChI is InChI=1S/C21H22F6N2O4/c22-20(23,24)12-32-19(14-5-7-15(8-6-14)33-21(25,26)27)9-13(10-28-11-19)18(31)29-16-3-1-2-4-17(16)30/h5-9,11,16-17,30H,1-4,10,12H2,(H,29,31)/t16-,17-,19?/m1/s1. The average molecular weight is 480 g/mol. The van der Waals surface area contributed by atoms with E-state index in [1.165, 1.54) is 0 Å². The Bertz CT molecular complexity index is 898. The van der Waals surface area contributed by atoms with Crippen molar-refractivity contribution in [3.8, 4) is 5.75 Å². The minimum atomic E-state index is -4.94. The molecule has 0 radical (unpaired) electrons. The lowest BCUT2D eigenvalue weighted by Gasteiger charge is -2.32. The van der Waals surface area contributed by atoms with Crippen LogP contribution in [0.1, 0.15) is 31.2 Å². The molecule has 1 aliphatic carbocycles. The monoisotopic (exact) mass is 480 g/mol. The molecule has 0 spiro atoms. The zero-order valence-electron chi connectivity index (χ0n) is 17.2. The number of ether oxygens (including phenoxy) is 2. The second-order valence-corrected chi connectivity index (χ2v) is 7.84. The highest BCUT2D eigenvalue weighted by Crippen LogP contribution is 2.34. The van der Waals surface area contributed by atoms with Gasteiger partial charge in [-0.05, 0) is 36.6 Å². The SMILES string of the molecule is O=C(N[C@@H]1CCCC[C@H]1O)C1=CC(OCC(F)(F)F)(c2ccc(OC(F)(F)F)cc2)C=NC1. The van der Waals surface area contributed by atoms with Crippen LogP contribution in [0, 0.1) is 0 Å². The van der Waals surface area contributed by atoms with Crippen LogP contribution in [0.5, 0.6) is 5.75 Å². The number of hydrogen-bond donors (Lipinski definition) is 2. The van der Waals surface area contributed by atoms with Gasteiger partial charge in [0.2, 0.25) is 5.91 Å². The van der Waals surface area contributed by atoms with Gasteiger partial charge in [0.05, 0.1) is 18.7 Å². The van der Waals surface area contributed by atoms with Gasteiger partial charge in [0.25, 0.3) is 0 Å². The van der Waals surface area contributed by atoms with Crippen LogP contribution >= 0.6 is 0 Å². The normalized spacial score (nSPS) is 26.0. The van der Waals surface area contributed by atoms with Gasteiger partial charge >= 0.3 is 12.5 Å². The van der Waals surface area contributed by atoms with Gasteiger partial charge in [-0.25, -0.2) is 0 Å². The number of halogens is 6. The van der Waals surface area contributed by atoms with E-state index in [-0.39, 0.29) is 17.7 Å². The van der Waals surface area contributed by atoms with Crippen molar-refractivity contribution in [2.45, 2.75) is 56.0 Å². The molecule has 1 unspecified atom stereocenters. The molecule has 1 fully saturated rings. The van der Waals surface area contributed by atoms with E-state index in [1.54, 1.807) is 0 Å². The summed E-state index contributed by atoms with van der Waals surface area (Å²) in [5.41, 5.74) is -1.91. The zero-order valence-corrected chi connectivity index (χ0v) is 17.2. The van der Waals surface area contributed by atoms with Crippen molar-refractivity contribution in [1.82, 2.24) is 5.32 Å². The molecular weight excluding hydrogens is 458 g/mol. The third-order valence-electron chi connectivity index (χ3n) is 5.28. The Labute approximate surface area is 185 Å². The van der Waals surface area contributed by atoms with E-state index >= 15 is 0 Å². The number of nitrogens with zero attached hydrogens (tertiary/aromatic N) is 1. The fourth-order valence-electron chi connectivity index (χ4n) is 3.74. The number of benzene rings is 1. The van der Waals surface area contributed by atoms with Crippen LogP contribution < -0.4 is 10.1 Å². The number of rotatable bonds is 6. The summed E-state index contributed by atoms with van der Waals surface area (Å²) in [6.45, 7) is -1.83. The molecule has 2 aliphatic rings. The molecule has 1 aliphatic heterocycles. The van der Waals surface area contributed by atoms with Gasteiger partial charge in [-0.1, -0.05) is 25.0 Å². The van der Waals surface area contributed by atoms with Crippen LogP contribution in [0.25, 0.3) is 0 Å². The molecule has 182 valence electrons. The van der Waals surface area contributed by atoms with Crippen molar-refractivity contribution in [2.75, 3.05) is 13.2 Å². The minimum absolute atomic E-state index is 0.00747. The number of aliphatic imine (C=N–C) groups is 1. The Morgan fingerprint density at radius 3 is 2.39 bits per heavy atom. The van der Waals surface area contributed by atoms with Crippen LogP contribution in [0.15, 0.2) is 40.9 Å². The molecule has 6 nitrogen and oxygen atoms in total. The van der Waals surface area contributed by atoms with E-state index in [4.69, 9.17) is 4.74 Å². The summed E-state index contributed by atoms with van der Waals surface area (Å²) in [4.78, 5) is 16.7. The van der Waals surface area contributed by atoms with Gasteiger partial charge in [-0.2, -0.15) is 13.2 Å². The summed E-state index contributed by atoms with van der Waals surface area (Å²) < 4.78 is 84.9. The van der Waals surface area contributed by atoms with Crippen molar-refractivity contribution < 1.29 is 45.7 Å². The number of amides is 1. The fraction of sp³-hybridized carbons (Fsp3) is 0.524. The van der Waals surface area contributed by atoms with Crippen molar-refractivity contribution in [3.05, 3.63) is 41.5 Å². The van der Waals surface area contributed by atoms with Crippen LogP contribution in [0.4, 0.5) is 26.3 Å². The van der Waals surface area contributed by atoms with Crippen LogP contribution in [0.3, 0.4) is 0 Å². The second kappa shape index (κ2) is 9.72. The Balaban J connectivity index is 1.88. The molecule has 0 bridgehead atoms. The molecule has 0 aromatic heterocycles. The van der Waals surface area contributed by atoms with Crippen molar-refractivity contribution in [3.63, 3.8) is 0 Å². The highest BCUT2D eigenvalue weighted by Gasteiger charge is 2.39. The molecule has 12 heteroatoms. The number of alkyl halides is 6. The summed E-state index contributed by atoms with van der Waals surface area (Å²) in [5.74, 6) is -1.19. The lowest BCUT2D eigenvalue weighted by atomic mass is 9.89. The minimum Gasteiger partial charge on any atom is -0.406 e. The van der Waals surface area contributed by atoms with Gasteiger partial charge in [0.15, 0.2) is 0 Å². The van der Waals surface area contributed by atoms with Crippen LogP contribution in [-0.4, -0.2) is 55.1 Å². The first-order valence-corrected chi connectivity index (χ1v) is 10.2. The third kappa shape index (κ3) is 6.94. The summed E-state index contributed by atoms with van der Waals surface area (Å²) >= 11 is 0. The quantitative estimate of drug-likeness (QED) is 0.608. The first kappa shape index (κ1) is 25.0. The Morgan fingerprint density at radius 2 is 1.79 bits per heavy atom. The molecule has 1 saturated carbocycles. The molecule has 1 amide bonds. The van der Waals surface area contributed by atoms with Gasteiger partial charge in [-0.15, -0.1) is 13.2 Å². The number of carbonyl (C=O) groups is 1. The largest absolute Gasteiger partial charge is 0.573 e. The molecule has 3 atom stereocenters. The predicted octanol–water partition coefficient (Wildman–Crippen LogP) is 3.79. The number of hydrogen-bond acceptors (Lipinski definition) is 5. The molecule has 0 saturated heterocycles. The van der Waals surface area contributed by atoms with Crippen molar-refractivity contribution in [1.29, 1.82) is 0 Å². The number of dihydropyridines is 1. The van der Waals surface area contributed by atoms with Gasteiger partial charge in [0, 0.05) is 11.8 Å². The zero-order chi connectivity index (χ0) is 24.3. The van der Waals surface area contributed by atoms with Crippen LogP contribution in [0.2, 0.25) is 0 Å². The Hall–Kier alpha value is -2.60. The maximum Gasteiger partial charge on any atom is 0.573 e. The maximum absolute atomic E-state index is 12.9. The van der Waals surface area contributed by atoms with E-state index < -0.39 is 48.5 Å². The highest BCUT2D eigenvalue weighted by molar-refractivity contribution is 5.96. The van der Waals surface area contributed by atoms with E-state index in [0.29, 0.717) is 12.8 Å². The van der Waals surface area contributed by atoms with Crippen molar-refractivity contribution >= 4 is 12.1 Å². The molecule has 33 heavy (non-hydrogen) atoms. The first-order valence-electron chi connectivity index (χ1n) is 10.2. The predicted molar refractivity (Wildman–Crippen MR) is 105 cm³/mol. The lowest BCUT2D eigenvalue weighted by molar-refractivity contribution is -0.274. The number of carbonyl (C=O) groups excluding carboxylic acids is 1. The van der Waals surface area contributed by atoms with E-state index in [0.717, 1.165) is 49.4 Å². The topological polar surface area (TPSA) is 80.2 Å². The Morgan fingerprint density at radius 1 is 1.12 bits per heavy atom. The smallest absolute Gasteiger partial charge is 0.406 e. The molecular formula is C21H22F6N2O4. The van der Waals surface area contributed by atoms with Gasteiger partial charge < -0.3 is 19.9 Å².